The van der Waals surface area contributed by atoms with Crippen LogP contribution >= 0.6 is 23.2 Å². The van der Waals surface area contributed by atoms with Crippen LogP contribution in [0.2, 0.25) is 0 Å². The predicted molar refractivity (Wildman–Crippen MR) is 89.7 cm³/mol. The highest BCUT2D eigenvalue weighted by Crippen LogP contribution is 2.64. The second-order valence-electron chi connectivity index (χ2n) is 6.36. The summed E-state index contributed by atoms with van der Waals surface area (Å²) in [6.45, 7) is 5.83. The largest absolute Gasteiger partial charge is 0.368 e. The summed E-state index contributed by atoms with van der Waals surface area (Å²) in [5, 5.41) is 2.79. The molecule has 7 heteroatoms. The number of aromatic nitrogens is 1. The van der Waals surface area contributed by atoms with E-state index >= 15 is 0 Å². The second kappa shape index (κ2) is 5.55. The van der Waals surface area contributed by atoms with Crippen molar-refractivity contribution in [1.29, 1.82) is 0 Å². The van der Waals surface area contributed by atoms with E-state index in [1.165, 1.54) is 0 Å². The fraction of sp³-hybridized carbons (Fsp3) is 0.600. The lowest BCUT2D eigenvalue weighted by Crippen LogP contribution is -2.44. The second-order valence-corrected chi connectivity index (χ2v) is 7.84. The molecule has 0 bridgehead atoms. The lowest BCUT2D eigenvalue weighted by Gasteiger charge is -2.33. The maximum atomic E-state index is 12.2. The molecule has 1 aliphatic heterocycles. The van der Waals surface area contributed by atoms with Crippen LogP contribution in [0.15, 0.2) is 18.3 Å². The molecule has 0 spiro atoms. The number of likely N-dealkylation sites (N-methyl/N-ethyl adjacent to an activating group) is 1. The first-order valence-electron chi connectivity index (χ1n) is 7.41. The van der Waals surface area contributed by atoms with Gasteiger partial charge < -0.3 is 15.1 Å². The van der Waals surface area contributed by atoms with Crippen molar-refractivity contribution in [2.24, 2.45) is 5.41 Å². The molecule has 1 amide bonds. The summed E-state index contributed by atoms with van der Waals surface area (Å²) in [6, 6.07) is 3.80. The van der Waals surface area contributed by atoms with Gasteiger partial charge in [-0.2, -0.15) is 0 Å². The molecule has 2 aliphatic rings. The highest BCUT2D eigenvalue weighted by Gasteiger charge is 2.67. The molecule has 22 heavy (non-hydrogen) atoms. The van der Waals surface area contributed by atoms with Crippen molar-refractivity contribution in [2.75, 3.05) is 43.4 Å². The van der Waals surface area contributed by atoms with Crippen LogP contribution in [0.3, 0.4) is 0 Å². The van der Waals surface area contributed by atoms with Gasteiger partial charge in [0.15, 0.2) is 0 Å². The minimum Gasteiger partial charge on any atom is -0.368 e. The van der Waals surface area contributed by atoms with E-state index < -0.39 is 9.75 Å². The standard InChI is InChI=1S/C15H20Cl2N4O/c1-14(10-15(14,16)17)13(22)19-12-4-3-11(9-18-12)21-7-5-20(2)6-8-21/h3-4,9H,5-8,10H2,1-2H3,(H,18,19,22)/t14-/m0/s1. The van der Waals surface area contributed by atoms with Gasteiger partial charge in [0.05, 0.1) is 17.3 Å². The summed E-state index contributed by atoms with van der Waals surface area (Å²) in [5.41, 5.74) is 0.348. The van der Waals surface area contributed by atoms with Crippen LogP contribution in [-0.4, -0.2) is 53.4 Å². The molecule has 0 unspecified atom stereocenters. The van der Waals surface area contributed by atoms with E-state index in [-0.39, 0.29) is 5.91 Å². The van der Waals surface area contributed by atoms with Crippen LogP contribution in [0.1, 0.15) is 13.3 Å². The van der Waals surface area contributed by atoms with E-state index in [1.807, 2.05) is 12.1 Å². The van der Waals surface area contributed by atoms with Crippen molar-refractivity contribution >= 4 is 40.6 Å². The fourth-order valence-corrected chi connectivity index (χ4v) is 3.32. The van der Waals surface area contributed by atoms with Crippen LogP contribution in [0.25, 0.3) is 0 Å². The molecule has 1 saturated carbocycles. The van der Waals surface area contributed by atoms with Gasteiger partial charge in [0.2, 0.25) is 5.91 Å². The number of anilines is 2. The number of carbonyl (C=O) groups is 1. The van der Waals surface area contributed by atoms with Crippen LogP contribution in [0, 0.1) is 5.41 Å². The zero-order valence-electron chi connectivity index (χ0n) is 12.8. The van der Waals surface area contributed by atoms with Crippen molar-refractivity contribution < 1.29 is 4.79 Å². The average Bonchev–Trinajstić information content (AvgIpc) is 3.01. The Morgan fingerprint density at radius 1 is 1.27 bits per heavy atom. The number of halogens is 2. The molecule has 1 N–H and O–H groups in total. The van der Waals surface area contributed by atoms with Crippen molar-refractivity contribution in [2.45, 2.75) is 17.7 Å². The Labute approximate surface area is 140 Å². The Morgan fingerprint density at radius 3 is 2.41 bits per heavy atom. The van der Waals surface area contributed by atoms with Crippen molar-refractivity contribution in [3.63, 3.8) is 0 Å². The summed E-state index contributed by atoms with van der Waals surface area (Å²) in [5.74, 6) is 0.345. The monoisotopic (exact) mass is 342 g/mol. The number of hydrogen-bond acceptors (Lipinski definition) is 4. The van der Waals surface area contributed by atoms with Gasteiger partial charge >= 0.3 is 0 Å². The van der Waals surface area contributed by atoms with E-state index in [0.29, 0.717) is 12.2 Å². The van der Waals surface area contributed by atoms with Crippen molar-refractivity contribution in [1.82, 2.24) is 9.88 Å². The topological polar surface area (TPSA) is 48.5 Å². The predicted octanol–water partition coefficient (Wildman–Crippen LogP) is 2.36. The first-order valence-corrected chi connectivity index (χ1v) is 8.16. The molecule has 5 nitrogen and oxygen atoms in total. The van der Waals surface area contributed by atoms with E-state index in [4.69, 9.17) is 23.2 Å². The molecule has 3 rings (SSSR count). The summed E-state index contributed by atoms with van der Waals surface area (Å²) < 4.78 is -0.961. The molecule has 2 heterocycles. The number of nitrogens with one attached hydrogen (secondary N) is 1. The van der Waals surface area contributed by atoms with E-state index in [2.05, 4.69) is 27.1 Å². The van der Waals surface area contributed by atoms with Gasteiger partial charge in [0.25, 0.3) is 0 Å². The fourth-order valence-electron chi connectivity index (χ4n) is 2.61. The van der Waals surface area contributed by atoms with Gasteiger partial charge in [0.1, 0.15) is 10.2 Å². The van der Waals surface area contributed by atoms with Crippen molar-refractivity contribution in [3.05, 3.63) is 18.3 Å². The highest BCUT2D eigenvalue weighted by molar-refractivity contribution is 6.53. The zero-order chi connectivity index (χ0) is 16.0. The Bertz CT molecular complexity index is 569. The molecule has 0 aromatic carbocycles. The Balaban J connectivity index is 1.61. The van der Waals surface area contributed by atoms with Gasteiger partial charge in [0, 0.05) is 26.2 Å². The molecule has 2 fully saturated rings. The third kappa shape index (κ3) is 2.90. The first kappa shape index (κ1) is 15.8. The third-order valence-corrected chi connectivity index (χ3v) is 5.72. The zero-order valence-corrected chi connectivity index (χ0v) is 14.3. The minimum atomic E-state index is -0.961. The molecule has 120 valence electrons. The smallest absolute Gasteiger partial charge is 0.234 e. The maximum absolute atomic E-state index is 12.2. The van der Waals surface area contributed by atoms with Crippen LogP contribution < -0.4 is 10.2 Å². The maximum Gasteiger partial charge on any atom is 0.234 e. The molecular weight excluding hydrogens is 323 g/mol. The number of hydrogen-bond donors (Lipinski definition) is 1. The lowest BCUT2D eigenvalue weighted by atomic mass is 10.1. The number of piperazine rings is 1. The Morgan fingerprint density at radius 2 is 1.91 bits per heavy atom. The minimum absolute atomic E-state index is 0.183. The van der Waals surface area contributed by atoms with Gasteiger partial charge in [-0.3, -0.25) is 4.79 Å². The first-order chi connectivity index (χ1) is 10.3. The SMILES string of the molecule is CN1CCN(c2ccc(NC(=O)[C@]3(C)CC3(Cl)Cl)nc2)CC1. The lowest BCUT2D eigenvalue weighted by molar-refractivity contribution is -0.120. The van der Waals surface area contributed by atoms with Crippen LogP contribution in [0.4, 0.5) is 11.5 Å². The van der Waals surface area contributed by atoms with Gasteiger partial charge in [-0.25, -0.2) is 4.98 Å². The average molecular weight is 343 g/mol. The quantitative estimate of drug-likeness (QED) is 0.856. The highest BCUT2D eigenvalue weighted by atomic mass is 35.5. The van der Waals surface area contributed by atoms with Gasteiger partial charge in [-0.15, -0.1) is 23.2 Å². The van der Waals surface area contributed by atoms with E-state index in [0.717, 1.165) is 31.9 Å². The van der Waals surface area contributed by atoms with Crippen molar-refractivity contribution in [3.8, 4) is 0 Å². The molecule has 1 aromatic heterocycles. The number of pyridine rings is 1. The summed E-state index contributed by atoms with van der Waals surface area (Å²) >= 11 is 12.0. The Hall–Kier alpha value is -1.04. The van der Waals surface area contributed by atoms with Crippen LogP contribution in [-0.2, 0) is 4.79 Å². The molecule has 0 radical (unpaired) electrons. The van der Waals surface area contributed by atoms with Crippen LogP contribution in [0.5, 0.6) is 0 Å². The third-order valence-electron chi connectivity index (χ3n) is 4.62. The summed E-state index contributed by atoms with van der Waals surface area (Å²) in [7, 11) is 2.13. The molecule has 1 saturated heterocycles. The molecule has 1 atom stereocenters. The molecule has 1 aromatic rings. The number of nitrogens with zero attached hydrogens (tertiary/aromatic N) is 3. The normalized spacial score (nSPS) is 27.5. The number of rotatable bonds is 3. The molecular formula is C15H20Cl2N4O. The summed E-state index contributed by atoms with van der Waals surface area (Å²) in [6.07, 6.45) is 2.26. The van der Waals surface area contributed by atoms with E-state index in [1.54, 1.807) is 13.1 Å². The molecule has 1 aliphatic carbocycles. The van der Waals surface area contributed by atoms with E-state index in [9.17, 15) is 4.79 Å². The number of alkyl halides is 2. The van der Waals surface area contributed by atoms with Gasteiger partial charge in [-0.1, -0.05) is 0 Å². The van der Waals surface area contributed by atoms with Gasteiger partial charge in [-0.05, 0) is 32.5 Å². The Kier molecular flexibility index (Phi) is 4.00. The number of amides is 1. The number of carbonyl (C=O) groups excluding carboxylic acids is 1. The summed E-state index contributed by atoms with van der Waals surface area (Å²) in [4.78, 5) is 21.1.